The van der Waals surface area contributed by atoms with E-state index in [4.69, 9.17) is 9.47 Å². The molecule has 0 aliphatic carbocycles. The van der Waals surface area contributed by atoms with Gasteiger partial charge in [-0.2, -0.15) is 0 Å². The molecule has 2 fully saturated rings. The van der Waals surface area contributed by atoms with Crippen LogP contribution in [0.5, 0.6) is 5.75 Å². The summed E-state index contributed by atoms with van der Waals surface area (Å²) in [6, 6.07) is 13.8. The van der Waals surface area contributed by atoms with Gasteiger partial charge in [0.05, 0.1) is 31.7 Å². The van der Waals surface area contributed by atoms with Crippen LogP contribution in [0.4, 0.5) is 15.8 Å². The van der Waals surface area contributed by atoms with E-state index in [1.807, 2.05) is 35.2 Å². The molecule has 7 nitrogen and oxygen atoms in total. The van der Waals surface area contributed by atoms with Crippen molar-refractivity contribution < 1.29 is 13.9 Å². The molecule has 1 atom stereocenters. The Morgan fingerprint density at radius 3 is 2.64 bits per heavy atom. The van der Waals surface area contributed by atoms with Gasteiger partial charge in [0, 0.05) is 45.8 Å². The molecular formula is C24H33FIN5O2. The van der Waals surface area contributed by atoms with E-state index >= 15 is 0 Å². The third-order valence-corrected chi connectivity index (χ3v) is 6.00. The molecule has 9 heteroatoms. The Morgan fingerprint density at radius 1 is 1.12 bits per heavy atom. The molecule has 2 saturated heterocycles. The van der Waals surface area contributed by atoms with Gasteiger partial charge in [-0.15, -0.1) is 24.0 Å². The number of aliphatic imine (C=N–C) groups is 1. The van der Waals surface area contributed by atoms with E-state index in [1.165, 1.54) is 0 Å². The highest BCUT2D eigenvalue weighted by Crippen LogP contribution is 2.30. The Kier molecular flexibility index (Phi) is 9.42. The first-order valence-corrected chi connectivity index (χ1v) is 11.1. The van der Waals surface area contributed by atoms with Crippen LogP contribution in [0.2, 0.25) is 0 Å². The van der Waals surface area contributed by atoms with Gasteiger partial charge in [0.1, 0.15) is 11.6 Å². The van der Waals surface area contributed by atoms with E-state index in [1.54, 1.807) is 20.2 Å². The van der Waals surface area contributed by atoms with Crippen LogP contribution in [0.3, 0.4) is 0 Å². The molecule has 33 heavy (non-hydrogen) atoms. The number of hydrogen-bond donors (Lipinski definition) is 2. The summed E-state index contributed by atoms with van der Waals surface area (Å²) in [4.78, 5) is 8.70. The van der Waals surface area contributed by atoms with E-state index in [0.29, 0.717) is 25.4 Å². The van der Waals surface area contributed by atoms with Crippen molar-refractivity contribution in [3.8, 4) is 5.75 Å². The molecule has 2 aliphatic heterocycles. The Balaban J connectivity index is 0.00000306. The van der Waals surface area contributed by atoms with Crippen molar-refractivity contribution in [3.63, 3.8) is 0 Å². The monoisotopic (exact) mass is 569 g/mol. The predicted molar refractivity (Wildman–Crippen MR) is 142 cm³/mol. The molecule has 2 heterocycles. The van der Waals surface area contributed by atoms with Crippen molar-refractivity contribution in [3.05, 3.63) is 53.8 Å². The maximum Gasteiger partial charge on any atom is 0.191 e. The van der Waals surface area contributed by atoms with Crippen molar-refractivity contribution in [2.75, 3.05) is 63.4 Å². The first-order chi connectivity index (χ1) is 15.7. The molecule has 0 amide bonds. The summed E-state index contributed by atoms with van der Waals surface area (Å²) in [7, 11) is 3.46. The number of hydrogen-bond acceptors (Lipinski definition) is 5. The number of guanidine groups is 1. The fourth-order valence-electron chi connectivity index (χ4n) is 4.28. The summed E-state index contributed by atoms with van der Waals surface area (Å²) in [5.41, 5.74) is 2.63. The van der Waals surface area contributed by atoms with Gasteiger partial charge in [-0.25, -0.2) is 4.39 Å². The molecule has 0 spiro atoms. The van der Waals surface area contributed by atoms with Gasteiger partial charge in [-0.05, 0) is 36.2 Å². The summed E-state index contributed by atoms with van der Waals surface area (Å²) in [5, 5.41) is 6.80. The number of nitrogens with zero attached hydrogens (tertiary/aromatic N) is 3. The van der Waals surface area contributed by atoms with Crippen molar-refractivity contribution >= 4 is 41.3 Å². The molecule has 2 aliphatic rings. The van der Waals surface area contributed by atoms with Gasteiger partial charge >= 0.3 is 0 Å². The van der Waals surface area contributed by atoms with Gasteiger partial charge < -0.3 is 29.9 Å². The standard InChI is InChI=1S/C24H32FN5O2.HI/c1-26-24(28-19-9-10-30(17-19)22-5-3-4-6-23(22)31-2)27-16-18-7-8-21(20(25)15-18)29-11-13-32-14-12-29;/h3-8,15,19H,9-14,16-17H2,1-2H3,(H2,26,27,28);1H. The topological polar surface area (TPSA) is 61.4 Å². The van der Waals surface area contributed by atoms with Crippen LogP contribution in [-0.4, -0.2) is 65.6 Å². The van der Waals surface area contributed by atoms with Crippen LogP contribution in [0.15, 0.2) is 47.5 Å². The summed E-state index contributed by atoms with van der Waals surface area (Å²) >= 11 is 0. The lowest BCUT2D eigenvalue weighted by Gasteiger charge is -2.29. The number of ether oxygens (including phenoxy) is 2. The van der Waals surface area contributed by atoms with E-state index in [0.717, 1.165) is 55.6 Å². The van der Waals surface area contributed by atoms with E-state index in [2.05, 4.69) is 26.6 Å². The lowest BCUT2D eigenvalue weighted by atomic mass is 10.1. The number of anilines is 2. The smallest absolute Gasteiger partial charge is 0.191 e. The van der Waals surface area contributed by atoms with Crippen molar-refractivity contribution in [2.45, 2.75) is 19.0 Å². The number of para-hydroxylation sites is 2. The quantitative estimate of drug-likeness (QED) is 0.317. The van der Waals surface area contributed by atoms with Crippen LogP contribution < -0.4 is 25.2 Å². The van der Waals surface area contributed by atoms with Crippen LogP contribution in [0.1, 0.15) is 12.0 Å². The number of benzene rings is 2. The third kappa shape index (κ3) is 6.41. The Bertz CT molecular complexity index is 939. The summed E-state index contributed by atoms with van der Waals surface area (Å²) in [6.45, 7) is 5.04. The summed E-state index contributed by atoms with van der Waals surface area (Å²) in [5.74, 6) is 1.41. The maximum absolute atomic E-state index is 14.7. The van der Waals surface area contributed by atoms with E-state index in [9.17, 15) is 4.39 Å². The molecule has 1 unspecified atom stereocenters. The Morgan fingerprint density at radius 2 is 1.91 bits per heavy atom. The second-order valence-electron chi connectivity index (χ2n) is 8.06. The average molecular weight is 569 g/mol. The summed E-state index contributed by atoms with van der Waals surface area (Å²) < 4.78 is 25.5. The highest BCUT2D eigenvalue weighted by molar-refractivity contribution is 14.0. The van der Waals surface area contributed by atoms with E-state index < -0.39 is 0 Å². The highest BCUT2D eigenvalue weighted by atomic mass is 127. The number of morpholine rings is 1. The molecular weight excluding hydrogens is 536 g/mol. The van der Waals surface area contributed by atoms with E-state index in [-0.39, 0.29) is 35.8 Å². The molecule has 2 aromatic rings. The zero-order valence-corrected chi connectivity index (χ0v) is 21.6. The zero-order chi connectivity index (χ0) is 22.3. The average Bonchev–Trinajstić information content (AvgIpc) is 3.30. The lowest BCUT2D eigenvalue weighted by molar-refractivity contribution is 0.122. The van der Waals surface area contributed by atoms with Gasteiger partial charge in [-0.3, -0.25) is 4.99 Å². The third-order valence-electron chi connectivity index (χ3n) is 6.00. The molecule has 0 saturated carbocycles. The second kappa shape index (κ2) is 12.3. The number of rotatable bonds is 6. The molecule has 2 N–H and O–H groups in total. The second-order valence-corrected chi connectivity index (χ2v) is 8.06. The number of halogens is 2. The first-order valence-electron chi connectivity index (χ1n) is 11.1. The molecule has 0 aromatic heterocycles. The zero-order valence-electron chi connectivity index (χ0n) is 19.2. The molecule has 4 rings (SSSR count). The Hall–Kier alpha value is -2.27. The molecule has 180 valence electrons. The maximum atomic E-state index is 14.7. The lowest BCUT2D eigenvalue weighted by Crippen LogP contribution is -2.44. The van der Waals surface area contributed by atoms with Gasteiger partial charge in [0.15, 0.2) is 5.96 Å². The molecule has 0 radical (unpaired) electrons. The van der Waals surface area contributed by atoms with Crippen LogP contribution in [0, 0.1) is 5.82 Å². The van der Waals surface area contributed by atoms with Crippen LogP contribution >= 0.6 is 24.0 Å². The molecule has 2 aromatic carbocycles. The minimum Gasteiger partial charge on any atom is -0.495 e. The minimum absolute atomic E-state index is 0. The normalized spacial score (nSPS) is 18.6. The number of nitrogens with one attached hydrogen (secondary N) is 2. The van der Waals surface area contributed by atoms with Crippen molar-refractivity contribution in [1.29, 1.82) is 0 Å². The minimum atomic E-state index is -0.197. The predicted octanol–water partition coefficient (Wildman–Crippen LogP) is 3.23. The SMILES string of the molecule is CN=C(NCc1ccc(N2CCOCC2)c(F)c1)NC1CCN(c2ccccc2OC)C1.I. The first kappa shape index (κ1) is 25.4. The van der Waals surface area contributed by atoms with Gasteiger partial charge in [0.25, 0.3) is 0 Å². The molecule has 0 bridgehead atoms. The van der Waals surface area contributed by atoms with Gasteiger partial charge in [-0.1, -0.05) is 18.2 Å². The summed E-state index contributed by atoms with van der Waals surface area (Å²) in [6.07, 6.45) is 1.00. The largest absolute Gasteiger partial charge is 0.495 e. The Labute approximate surface area is 212 Å². The van der Waals surface area contributed by atoms with Crippen LogP contribution in [0.25, 0.3) is 0 Å². The van der Waals surface area contributed by atoms with Crippen molar-refractivity contribution in [2.24, 2.45) is 4.99 Å². The van der Waals surface area contributed by atoms with Gasteiger partial charge in [0.2, 0.25) is 0 Å². The fourth-order valence-corrected chi connectivity index (χ4v) is 4.28. The highest BCUT2D eigenvalue weighted by Gasteiger charge is 2.25. The van der Waals surface area contributed by atoms with Crippen LogP contribution in [-0.2, 0) is 11.3 Å². The fraction of sp³-hybridized carbons (Fsp3) is 0.458. The number of methoxy groups -OCH3 is 1. The van der Waals surface area contributed by atoms with Crippen molar-refractivity contribution in [1.82, 2.24) is 10.6 Å².